The standard InChI is InChI=1S/C13H19NO3/c1-4-10-5-7-11(8-6-10)14(3)9-13(2,17)12(15)16/h5-8,17H,4,9H2,1-3H3,(H,15,16). The van der Waals surface area contributed by atoms with Gasteiger partial charge in [-0.05, 0) is 31.0 Å². The lowest BCUT2D eigenvalue weighted by atomic mass is 10.1. The lowest BCUT2D eigenvalue weighted by Gasteiger charge is -2.27. The number of benzene rings is 1. The van der Waals surface area contributed by atoms with Crippen LogP contribution in [-0.4, -0.2) is 35.4 Å². The summed E-state index contributed by atoms with van der Waals surface area (Å²) in [6.45, 7) is 3.42. The summed E-state index contributed by atoms with van der Waals surface area (Å²) in [6, 6.07) is 7.86. The number of aliphatic carboxylic acids is 1. The van der Waals surface area contributed by atoms with Crippen LogP contribution in [0.3, 0.4) is 0 Å². The van der Waals surface area contributed by atoms with Gasteiger partial charge in [-0.1, -0.05) is 19.1 Å². The third-order valence-electron chi connectivity index (χ3n) is 2.79. The third kappa shape index (κ3) is 3.46. The van der Waals surface area contributed by atoms with E-state index in [9.17, 15) is 9.90 Å². The van der Waals surface area contributed by atoms with Gasteiger partial charge in [0.1, 0.15) is 0 Å². The van der Waals surface area contributed by atoms with Crippen LogP contribution in [-0.2, 0) is 11.2 Å². The highest BCUT2D eigenvalue weighted by Gasteiger charge is 2.31. The van der Waals surface area contributed by atoms with Gasteiger partial charge in [-0.15, -0.1) is 0 Å². The summed E-state index contributed by atoms with van der Waals surface area (Å²) in [5, 5.41) is 18.5. The van der Waals surface area contributed by atoms with E-state index in [1.54, 1.807) is 11.9 Å². The molecule has 1 aromatic rings. The monoisotopic (exact) mass is 237 g/mol. The fourth-order valence-electron chi connectivity index (χ4n) is 1.61. The summed E-state index contributed by atoms with van der Waals surface area (Å²) < 4.78 is 0. The van der Waals surface area contributed by atoms with Crippen molar-refractivity contribution in [3.63, 3.8) is 0 Å². The Kier molecular flexibility index (Phi) is 4.12. The lowest BCUT2D eigenvalue weighted by Crippen LogP contribution is -2.45. The molecule has 1 rings (SSSR count). The molecule has 0 aliphatic rings. The highest BCUT2D eigenvalue weighted by atomic mass is 16.4. The Morgan fingerprint density at radius 1 is 1.35 bits per heavy atom. The van der Waals surface area contributed by atoms with Gasteiger partial charge >= 0.3 is 5.97 Å². The van der Waals surface area contributed by atoms with Crippen LogP contribution >= 0.6 is 0 Å². The molecule has 17 heavy (non-hydrogen) atoms. The molecule has 1 aromatic carbocycles. The van der Waals surface area contributed by atoms with Gasteiger partial charge in [0.25, 0.3) is 0 Å². The molecule has 2 N–H and O–H groups in total. The number of aryl methyl sites for hydroxylation is 1. The van der Waals surface area contributed by atoms with Crippen LogP contribution in [0.1, 0.15) is 19.4 Å². The molecule has 4 nitrogen and oxygen atoms in total. The molecular weight excluding hydrogens is 218 g/mol. The van der Waals surface area contributed by atoms with Gasteiger partial charge in [0.05, 0.1) is 6.54 Å². The quantitative estimate of drug-likeness (QED) is 0.815. The van der Waals surface area contributed by atoms with Crippen molar-refractivity contribution in [2.24, 2.45) is 0 Å². The Morgan fingerprint density at radius 2 is 1.88 bits per heavy atom. The van der Waals surface area contributed by atoms with Crippen LogP contribution in [0, 0.1) is 0 Å². The summed E-state index contributed by atoms with van der Waals surface area (Å²) in [6.07, 6.45) is 0.969. The SMILES string of the molecule is CCc1ccc(N(C)CC(C)(O)C(=O)O)cc1. The zero-order chi connectivity index (χ0) is 13.1. The van der Waals surface area contributed by atoms with E-state index < -0.39 is 11.6 Å². The summed E-state index contributed by atoms with van der Waals surface area (Å²) in [5.41, 5.74) is 0.383. The molecule has 94 valence electrons. The van der Waals surface area contributed by atoms with Crippen molar-refractivity contribution in [3.8, 4) is 0 Å². The molecule has 1 unspecified atom stereocenters. The smallest absolute Gasteiger partial charge is 0.337 e. The maximum absolute atomic E-state index is 10.8. The second-order valence-corrected chi connectivity index (χ2v) is 4.46. The van der Waals surface area contributed by atoms with E-state index in [0.29, 0.717) is 0 Å². The average Bonchev–Trinajstić information content (AvgIpc) is 2.28. The topological polar surface area (TPSA) is 60.8 Å². The number of nitrogens with zero attached hydrogens (tertiary/aromatic N) is 1. The third-order valence-corrected chi connectivity index (χ3v) is 2.79. The van der Waals surface area contributed by atoms with Gasteiger partial charge in [-0.25, -0.2) is 4.79 Å². The Hall–Kier alpha value is -1.55. The van der Waals surface area contributed by atoms with Gasteiger partial charge in [-0.3, -0.25) is 0 Å². The largest absolute Gasteiger partial charge is 0.479 e. The predicted octanol–water partition coefficient (Wildman–Crippen LogP) is 1.52. The maximum atomic E-state index is 10.8. The van der Waals surface area contributed by atoms with E-state index in [-0.39, 0.29) is 6.54 Å². The number of carboxylic acids is 1. The highest BCUT2D eigenvalue weighted by molar-refractivity contribution is 5.77. The van der Waals surface area contributed by atoms with Crippen LogP contribution < -0.4 is 4.90 Å². The molecule has 0 aliphatic carbocycles. The Labute approximate surface area is 101 Å². The van der Waals surface area contributed by atoms with Crippen molar-refractivity contribution >= 4 is 11.7 Å². The number of rotatable bonds is 5. The molecule has 0 spiro atoms. The molecule has 1 atom stereocenters. The summed E-state index contributed by atoms with van der Waals surface area (Å²) in [7, 11) is 1.76. The van der Waals surface area contributed by atoms with Crippen LogP contribution in [0.4, 0.5) is 5.69 Å². The first-order chi connectivity index (χ1) is 7.86. The molecule has 0 bridgehead atoms. The summed E-state index contributed by atoms with van der Waals surface area (Å²) >= 11 is 0. The molecule has 0 radical (unpaired) electrons. The second kappa shape index (κ2) is 5.19. The van der Waals surface area contributed by atoms with Crippen LogP contribution in [0.25, 0.3) is 0 Å². The zero-order valence-corrected chi connectivity index (χ0v) is 10.5. The number of carboxylic acid groups (broad SMARTS) is 1. The molecule has 0 saturated heterocycles. The first kappa shape index (κ1) is 13.5. The van der Waals surface area contributed by atoms with Crippen molar-refractivity contribution in [1.82, 2.24) is 0 Å². The van der Waals surface area contributed by atoms with Gasteiger partial charge in [0.15, 0.2) is 5.60 Å². The number of carbonyl (C=O) groups is 1. The molecule has 4 heteroatoms. The number of likely N-dealkylation sites (N-methyl/N-ethyl adjacent to an activating group) is 1. The fraction of sp³-hybridized carbons (Fsp3) is 0.462. The zero-order valence-electron chi connectivity index (χ0n) is 10.5. The number of hydrogen-bond acceptors (Lipinski definition) is 3. The van der Waals surface area contributed by atoms with Crippen molar-refractivity contribution < 1.29 is 15.0 Å². The number of anilines is 1. The maximum Gasteiger partial charge on any atom is 0.337 e. The Bertz CT molecular complexity index is 384. The van der Waals surface area contributed by atoms with Gasteiger partial charge < -0.3 is 15.1 Å². The second-order valence-electron chi connectivity index (χ2n) is 4.46. The normalized spacial score (nSPS) is 14.1. The van der Waals surface area contributed by atoms with E-state index in [4.69, 9.17) is 5.11 Å². The van der Waals surface area contributed by atoms with Crippen molar-refractivity contribution in [2.75, 3.05) is 18.5 Å². The molecule has 0 fully saturated rings. The minimum atomic E-state index is -1.74. The molecule has 0 aliphatic heterocycles. The van der Waals surface area contributed by atoms with Crippen LogP contribution in [0.2, 0.25) is 0 Å². The Balaban J connectivity index is 2.76. The molecule has 0 saturated carbocycles. The van der Waals surface area contributed by atoms with Gasteiger partial charge in [0.2, 0.25) is 0 Å². The first-order valence-electron chi connectivity index (χ1n) is 5.62. The summed E-state index contributed by atoms with van der Waals surface area (Å²) in [5.74, 6) is -1.21. The van der Waals surface area contributed by atoms with Gasteiger partial charge in [0, 0.05) is 12.7 Å². The molecule has 0 heterocycles. The van der Waals surface area contributed by atoms with Crippen molar-refractivity contribution in [1.29, 1.82) is 0 Å². The van der Waals surface area contributed by atoms with E-state index in [0.717, 1.165) is 12.1 Å². The number of hydrogen-bond donors (Lipinski definition) is 2. The Morgan fingerprint density at radius 3 is 2.29 bits per heavy atom. The van der Waals surface area contributed by atoms with Crippen molar-refractivity contribution in [3.05, 3.63) is 29.8 Å². The van der Waals surface area contributed by atoms with Crippen molar-refractivity contribution in [2.45, 2.75) is 25.9 Å². The average molecular weight is 237 g/mol. The molecule has 0 aromatic heterocycles. The lowest BCUT2D eigenvalue weighted by molar-refractivity contribution is -0.155. The fourth-order valence-corrected chi connectivity index (χ4v) is 1.61. The minimum absolute atomic E-state index is 0.0494. The molecular formula is C13H19NO3. The van der Waals surface area contributed by atoms with Gasteiger partial charge in [-0.2, -0.15) is 0 Å². The van der Waals surface area contributed by atoms with Crippen LogP contribution in [0.5, 0.6) is 0 Å². The van der Waals surface area contributed by atoms with E-state index in [1.165, 1.54) is 12.5 Å². The number of aliphatic hydroxyl groups is 1. The van der Waals surface area contributed by atoms with Crippen LogP contribution in [0.15, 0.2) is 24.3 Å². The molecule has 0 amide bonds. The highest BCUT2D eigenvalue weighted by Crippen LogP contribution is 2.17. The first-order valence-corrected chi connectivity index (χ1v) is 5.62. The minimum Gasteiger partial charge on any atom is -0.479 e. The van der Waals surface area contributed by atoms with E-state index in [1.807, 2.05) is 24.3 Å². The predicted molar refractivity (Wildman–Crippen MR) is 67.3 cm³/mol. The van der Waals surface area contributed by atoms with E-state index in [2.05, 4.69) is 6.92 Å². The van der Waals surface area contributed by atoms with E-state index >= 15 is 0 Å². The summed E-state index contributed by atoms with van der Waals surface area (Å²) in [4.78, 5) is 12.5.